The first-order chi connectivity index (χ1) is 9.71. The Hall–Kier alpha value is -1.81. The van der Waals surface area contributed by atoms with Crippen LogP contribution in [0.4, 0.5) is 5.69 Å². The molecule has 0 amide bonds. The molecule has 1 aliphatic rings. The predicted molar refractivity (Wildman–Crippen MR) is 81.1 cm³/mol. The number of nitrogens with zero attached hydrogens (tertiary/aromatic N) is 3. The molecular weight excluding hydrogens is 248 g/mol. The molecule has 0 atom stereocenters. The SMILES string of the molecule is CCc1cc(CN2Cc3cccc(N)c3C2)n(CC)n1. The Labute approximate surface area is 120 Å². The van der Waals surface area contributed by atoms with E-state index in [0.29, 0.717) is 0 Å². The van der Waals surface area contributed by atoms with E-state index in [2.05, 4.69) is 40.7 Å². The monoisotopic (exact) mass is 270 g/mol. The number of rotatable bonds is 4. The minimum absolute atomic E-state index is 0.920. The lowest BCUT2D eigenvalue weighted by molar-refractivity contribution is 0.266. The van der Waals surface area contributed by atoms with Crippen molar-refractivity contribution >= 4 is 5.69 Å². The van der Waals surface area contributed by atoms with Gasteiger partial charge in [-0.3, -0.25) is 9.58 Å². The number of nitrogens with two attached hydrogens (primary N) is 1. The third-order valence-corrected chi connectivity index (χ3v) is 4.05. The Bertz CT molecular complexity index is 615. The lowest BCUT2D eigenvalue weighted by Gasteiger charge is -2.15. The van der Waals surface area contributed by atoms with Gasteiger partial charge in [-0.15, -0.1) is 0 Å². The van der Waals surface area contributed by atoms with Crippen molar-refractivity contribution in [2.45, 2.75) is 46.4 Å². The Morgan fingerprint density at radius 2 is 2.10 bits per heavy atom. The summed E-state index contributed by atoms with van der Waals surface area (Å²) in [5.74, 6) is 0. The Kier molecular flexibility index (Phi) is 3.49. The average molecular weight is 270 g/mol. The minimum Gasteiger partial charge on any atom is -0.398 e. The second kappa shape index (κ2) is 5.29. The van der Waals surface area contributed by atoms with Crippen molar-refractivity contribution in [2.24, 2.45) is 0 Å². The van der Waals surface area contributed by atoms with Crippen LogP contribution in [0, 0.1) is 0 Å². The van der Waals surface area contributed by atoms with Crippen molar-refractivity contribution < 1.29 is 0 Å². The molecule has 0 aliphatic carbocycles. The van der Waals surface area contributed by atoms with Crippen molar-refractivity contribution in [1.82, 2.24) is 14.7 Å². The lowest BCUT2D eigenvalue weighted by Crippen LogP contribution is -2.18. The van der Waals surface area contributed by atoms with Gasteiger partial charge in [-0.2, -0.15) is 5.10 Å². The molecule has 20 heavy (non-hydrogen) atoms. The minimum atomic E-state index is 0.920. The summed E-state index contributed by atoms with van der Waals surface area (Å²) in [6.07, 6.45) is 0.993. The highest BCUT2D eigenvalue weighted by atomic mass is 15.3. The summed E-state index contributed by atoms with van der Waals surface area (Å²) < 4.78 is 2.12. The van der Waals surface area contributed by atoms with Crippen molar-refractivity contribution in [2.75, 3.05) is 5.73 Å². The largest absolute Gasteiger partial charge is 0.398 e. The molecule has 3 rings (SSSR count). The first-order valence-electron chi connectivity index (χ1n) is 7.35. The van der Waals surface area contributed by atoms with Gasteiger partial charge in [-0.25, -0.2) is 0 Å². The van der Waals surface area contributed by atoms with Gasteiger partial charge in [-0.05, 0) is 36.6 Å². The van der Waals surface area contributed by atoms with Crippen LogP contribution < -0.4 is 5.73 Å². The highest BCUT2D eigenvalue weighted by Gasteiger charge is 2.21. The van der Waals surface area contributed by atoms with Crippen LogP contribution in [0.1, 0.15) is 36.4 Å². The summed E-state index contributed by atoms with van der Waals surface area (Å²) in [7, 11) is 0. The average Bonchev–Trinajstić information content (AvgIpc) is 3.03. The van der Waals surface area contributed by atoms with Crippen LogP contribution in [0.2, 0.25) is 0 Å². The van der Waals surface area contributed by atoms with Crippen molar-refractivity contribution in [3.05, 3.63) is 46.8 Å². The third kappa shape index (κ3) is 2.31. The van der Waals surface area contributed by atoms with Crippen LogP contribution in [0.3, 0.4) is 0 Å². The molecule has 4 heteroatoms. The van der Waals surface area contributed by atoms with Gasteiger partial charge in [0.1, 0.15) is 0 Å². The fraction of sp³-hybridized carbons (Fsp3) is 0.438. The molecule has 1 aromatic carbocycles. The molecule has 2 aromatic rings. The number of hydrogen-bond donors (Lipinski definition) is 1. The van der Waals surface area contributed by atoms with E-state index in [4.69, 9.17) is 5.73 Å². The summed E-state index contributed by atoms with van der Waals surface area (Å²) in [6, 6.07) is 8.45. The number of benzene rings is 1. The van der Waals surface area contributed by atoms with E-state index < -0.39 is 0 Å². The summed E-state index contributed by atoms with van der Waals surface area (Å²) in [5, 5.41) is 4.62. The molecule has 0 bridgehead atoms. The van der Waals surface area contributed by atoms with E-state index in [1.807, 2.05) is 12.1 Å². The fourth-order valence-corrected chi connectivity index (χ4v) is 2.95. The Morgan fingerprint density at radius 3 is 2.80 bits per heavy atom. The topological polar surface area (TPSA) is 47.1 Å². The van der Waals surface area contributed by atoms with Gasteiger partial charge in [-0.1, -0.05) is 19.1 Å². The maximum Gasteiger partial charge on any atom is 0.0625 e. The van der Waals surface area contributed by atoms with Crippen LogP contribution >= 0.6 is 0 Å². The van der Waals surface area contributed by atoms with E-state index in [0.717, 1.165) is 38.3 Å². The van der Waals surface area contributed by atoms with Gasteiger partial charge < -0.3 is 5.73 Å². The first kappa shape index (κ1) is 13.2. The van der Waals surface area contributed by atoms with Crippen molar-refractivity contribution in [3.63, 3.8) is 0 Å². The van der Waals surface area contributed by atoms with Crippen LogP contribution in [-0.2, 0) is 32.6 Å². The van der Waals surface area contributed by atoms with E-state index in [-0.39, 0.29) is 0 Å². The molecule has 0 saturated carbocycles. The second-order valence-corrected chi connectivity index (χ2v) is 5.43. The zero-order chi connectivity index (χ0) is 14.1. The number of anilines is 1. The Balaban J connectivity index is 1.78. The predicted octanol–water partition coefficient (Wildman–Crippen LogP) is 2.56. The van der Waals surface area contributed by atoms with Gasteiger partial charge in [0.15, 0.2) is 0 Å². The molecule has 1 aliphatic heterocycles. The third-order valence-electron chi connectivity index (χ3n) is 4.05. The van der Waals surface area contributed by atoms with Crippen LogP contribution in [0.15, 0.2) is 24.3 Å². The summed E-state index contributed by atoms with van der Waals surface area (Å²) >= 11 is 0. The number of aryl methyl sites for hydroxylation is 2. The van der Waals surface area contributed by atoms with E-state index in [1.165, 1.54) is 22.5 Å². The van der Waals surface area contributed by atoms with Gasteiger partial charge in [0, 0.05) is 31.9 Å². The molecule has 0 radical (unpaired) electrons. The van der Waals surface area contributed by atoms with Crippen molar-refractivity contribution in [3.8, 4) is 0 Å². The zero-order valence-corrected chi connectivity index (χ0v) is 12.3. The summed E-state index contributed by atoms with van der Waals surface area (Å²) in [5.41, 5.74) is 12.1. The molecule has 4 nitrogen and oxygen atoms in total. The highest BCUT2D eigenvalue weighted by Crippen LogP contribution is 2.28. The van der Waals surface area contributed by atoms with E-state index in [9.17, 15) is 0 Å². The smallest absolute Gasteiger partial charge is 0.0625 e. The normalized spacial score (nSPS) is 14.7. The van der Waals surface area contributed by atoms with Gasteiger partial charge in [0.05, 0.1) is 11.4 Å². The van der Waals surface area contributed by atoms with Crippen LogP contribution in [0.5, 0.6) is 0 Å². The quantitative estimate of drug-likeness (QED) is 0.869. The molecule has 0 unspecified atom stereocenters. The Morgan fingerprint density at radius 1 is 1.25 bits per heavy atom. The molecular formula is C16H22N4. The lowest BCUT2D eigenvalue weighted by atomic mass is 10.1. The fourth-order valence-electron chi connectivity index (χ4n) is 2.95. The molecule has 0 saturated heterocycles. The molecule has 2 N–H and O–H groups in total. The number of fused-ring (bicyclic) bond motifs is 1. The van der Waals surface area contributed by atoms with Crippen LogP contribution in [-0.4, -0.2) is 14.7 Å². The van der Waals surface area contributed by atoms with Crippen molar-refractivity contribution in [1.29, 1.82) is 0 Å². The number of nitrogen functional groups attached to an aromatic ring is 1. The van der Waals surface area contributed by atoms with E-state index in [1.54, 1.807) is 0 Å². The standard InChI is InChI=1S/C16H22N4/c1-3-13-8-14(20(4-2)18-13)10-19-9-12-6-5-7-16(17)15(12)11-19/h5-8H,3-4,9-11,17H2,1-2H3. The van der Waals surface area contributed by atoms with Gasteiger partial charge >= 0.3 is 0 Å². The zero-order valence-electron chi connectivity index (χ0n) is 12.3. The second-order valence-electron chi connectivity index (χ2n) is 5.43. The molecule has 0 fully saturated rings. The van der Waals surface area contributed by atoms with Gasteiger partial charge in [0.25, 0.3) is 0 Å². The number of aromatic nitrogens is 2. The molecule has 2 heterocycles. The number of hydrogen-bond acceptors (Lipinski definition) is 3. The molecule has 1 aromatic heterocycles. The summed E-state index contributed by atoms with van der Waals surface area (Å²) in [6.45, 7) is 8.09. The van der Waals surface area contributed by atoms with Crippen LogP contribution in [0.25, 0.3) is 0 Å². The molecule has 106 valence electrons. The van der Waals surface area contributed by atoms with E-state index >= 15 is 0 Å². The highest BCUT2D eigenvalue weighted by molar-refractivity contribution is 5.52. The molecule has 0 spiro atoms. The van der Waals surface area contributed by atoms with Gasteiger partial charge in [0.2, 0.25) is 0 Å². The summed E-state index contributed by atoms with van der Waals surface area (Å²) in [4.78, 5) is 2.43. The first-order valence-corrected chi connectivity index (χ1v) is 7.35. The maximum absolute atomic E-state index is 6.07. The maximum atomic E-state index is 6.07.